The van der Waals surface area contributed by atoms with Crippen molar-refractivity contribution in [3.8, 4) is 0 Å². The van der Waals surface area contributed by atoms with Gasteiger partial charge >= 0.3 is 17.9 Å². The van der Waals surface area contributed by atoms with E-state index in [1.807, 2.05) is 21.1 Å². The summed E-state index contributed by atoms with van der Waals surface area (Å²) in [7, 11) is 5.55. The smallest absolute Gasteiger partial charge is 0.362 e. The number of nitrogens with zero attached hydrogens (tertiary/aromatic N) is 1. The van der Waals surface area contributed by atoms with E-state index >= 15 is 0 Å². The summed E-state index contributed by atoms with van der Waals surface area (Å²) in [5.41, 5.74) is 0. The van der Waals surface area contributed by atoms with E-state index in [1.54, 1.807) is 0 Å². The molecule has 0 aromatic rings. The number of aliphatic carboxylic acids is 1. The second-order valence-corrected chi connectivity index (χ2v) is 18.1. The molecule has 1 N–H and O–H groups in total. The van der Waals surface area contributed by atoms with Gasteiger partial charge in [-0.05, 0) is 12.8 Å². The van der Waals surface area contributed by atoms with Crippen LogP contribution in [0.1, 0.15) is 245 Å². The number of hydrogen-bond donors (Lipinski definition) is 1. The number of esters is 2. The molecule has 0 heterocycles. The normalized spacial score (nSPS) is 12.8. The first-order valence-electron chi connectivity index (χ1n) is 24.6. The van der Waals surface area contributed by atoms with Crippen molar-refractivity contribution in [1.29, 1.82) is 0 Å². The van der Waals surface area contributed by atoms with E-state index in [2.05, 4.69) is 13.8 Å². The third-order valence-corrected chi connectivity index (χ3v) is 11.5. The van der Waals surface area contributed by atoms with Gasteiger partial charge in [0.1, 0.15) is 6.61 Å². The van der Waals surface area contributed by atoms with Crippen LogP contribution in [0.25, 0.3) is 0 Å². The molecule has 2 atom stereocenters. The summed E-state index contributed by atoms with van der Waals surface area (Å²) in [4.78, 5) is 37.1. The second-order valence-electron chi connectivity index (χ2n) is 18.1. The van der Waals surface area contributed by atoms with Crippen molar-refractivity contribution in [3.05, 3.63) is 0 Å². The van der Waals surface area contributed by atoms with Crippen LogP contribution in [-0.2, 0) is 28.6 Å². The van der Waals surface area contributed by atoms with E-state index < -0.39 is 18.1 Å². The number of quaternary nitrogens is 1. The average molecular weight is 811 g/mol. The number of carboxylic acids is 1. The SMILES string of the molecule is CCCCCCCCCCCCCCCCCCCC(=O)OC(COCCC(C(=O)O)[N+](C)(C)C)COC(=O)CCCCCCCCCCCCCCCCCC. The van der Waals surface area contributed by atoms with Crippen LogP contribution in [0.5, 0.6) is 0 Å². The molecule has 2 unspecified atom stereocenters. The number of rotatable bonds is 45. The first-order valence-corrected chi connectivity index (χ1v) is 24.6. The number of unbranched alkanes of at least 4 members (excludes halogenated alkanes) is 31. The molecule has 0 rings (SSSR count). The Hall–Kier alpha value is -1.67. The molecule has 0 aliphatic heterocycles. The van der Waals surface area contributed by atoms with E-state index in [9.17, 15) is 19.5 Å². The molecule has 8 nitrogen and oxygen atoms in total. The molecule has 0 saturated heterocycles. The first kappa shape index (κ1) is 55.3. The van der Waals surface area contributed by atoms with Crippen molar-refractivity contribution in [2.45, 2.75) is 257 Å². The maximum Gasteiger partial charge on any atom is 0.362 e. The minimum atomic E-state index is -0.869. The lowest BCUT2D eigenvalue weighted by Crippen LogP contribution is -2.50. The van der Waals surface area contributed by atoms with Gasteiger partial charge in [-0.2, -0.15) is 0 Å². The largest absolute Gasteiger partial charge is 0.477 e. The standard InChI is InChI=1S/C49H95NO7/c1-6-8-10-12-14-16-18-20-22-24-26-28-30-32-34-36-38-40-48(52)57-45(43-55-42-41-46(49(53)54)50(3,4)5)44-56-47(51)39-37-35-33-31-29-27-25-23-21-19-17-15-13-11-9-7-2/h45-46H,6-44H2,1-5H3/p+1. The number of likely N-dealkylation sites (N-methyl/N-ethyl adjacent to an activating group) is 1. The molecule has 0 aliphatic rings. The van der Waals surface area contributed by atoms with Crippen LogP contribution in [0.15, 0.2) is 0 Å². The van der Waals surface area contributed by atoms with Gasteiger partial charge in [-0.15, -0.1) is 0 Å². The van der Waals surface area contributed by atoms with Gasteiger partial charge in [0.05, 0.1) is 34.4 Å². The van der Waals surface area contributed by atoms with Crippen LogP contribution < -0.4 is 0 Å². The Labute approximate surface area is 353 Å². The van der Waals surface area contributed by atoms with Gasteiger partial charge in [0.2, 0.25) is 0 Å². The van der Waals surface area contributed by atoms with Gasteiger partial charge < -0.3 is 23.8 Å². The lowest BCUT2D eigenvalue weighted by Gasteiger charge is -2.31. The fourth-order valence-electron chi connectivity index (χ4n) is 7.68. The zero-order valence-corrected chi connectivity index (χ0v) is 38.6. The average Bonchev–Trinajstić information content (AvgIpc) is 3.17. The Morgan fingerprint density at radius 1 is 0.456 bits per heavy atom. The molecule has 0 spiro atoms. The highest BCUT2D eigenvalue weighted by molar-refractivity contribution is 5.72. The predicted octanol–water partition coefficient (Wildman–Crippen LogP) is 13.7. The van der Waals surface area contributed by atoms with Crippen LogP contribution >= 0.6 is 0 Å². The zero-order chi connectivity index (χ0) is 42.1. The Bertz CT molecular complexity index is 905. The quantitative estimate of drug-likeness (QED) is 0.0371. The van der Waals surface area contributed by atoms with Crippen molar-refractivity contribution in [3.63, 3.8) is 0 Å². The minimum Gasteiger partial charge on any atom is -0.477 e. The lowest BCUT2D eigenvalue weighted by molar-refractivity contribution is -0.887. The van der Waals surface area contributed by atoms with E-state index in [4.69, 9.17) is 14.2 Å². The summed E-state index contributed by atoms with van der Waals surface area (Å²) in [6.45, 7) is 4.79. The fraction of sp³-hybridized carbons (Fsp3) is 0.939. The predicted molar refractivity (Wildman–Crippen MR) is 239 cm³/mol. The third-order valence-electron chi connectivity index (χ3n) is 11.5. The van der Waals surface area contributed by atoms with Crippen molar-refractivity contribution in [2.24, 2.45) is 0 Å². The van der Waals surface area contributed by atoms with Crippen LogP contribution in [0.4, 0.5) is 0 Å². The summed E-state index contributed by atoms with van der Waals surface area (Å²) in [5, 5.41) is 9.64. The van der Waals surface area contributed by atoms with Crippen LogP contribution in [0.3, 0.4) is 0 Å². The molecule has 8 heteroatoms. The Kier molecular flexibility index (Phi) is 39.9. The third kappa shape index (κ3) is 39.6. The fourth-order valence-corrected chi connectivity index (χ4v) is 7.68. The number of hydrogen-bond acceptors (Lipinski definition) is 6. The summed E-state index contributed by atoms with van der Waals surface area (Å²) in [6.07, 6.45) is 42.8. The van der Waals surface area contributed by atoms with E-state index in [1.165, 1.54) is 173 Å². The molecule has 0 radical (unpaired) electrons. The van der Waals surface area contributed by atoms with Gasteiger partial charge in [-0.3, -0.25) is 9.59 Å². The van der Waals surface area contributed by atoms with Crippen molar-refractivity contribution < 1.29 is 38.2 Å². The van der Waals surface area contributed by atoms with Crippen molar-refractivity contribution in [1.82, 2.24) is 0 Å². The minimum absolute atomic E-state index is 0.0415. The number of ether oxygens (including phenoxy) is 3. The monoisotopic (exact) mass is 811 g/mol. The first-order chi connectivity index (χ1) is 27.6. The van der Waals surface area contributed by atoms with Gasteiger partial charge in [-0.25, -0.2) is 4.79 Å². The summed E-state index contributed by atoms with van der Waals surface area (Å²) >= 11 is 0. The van der Waals surface area contributed by atoms with Crippen LogP contribution in [-0.4, -0.2) is 80.6 Å². The van der Waals surface area contributed by atoms with Gasteiger partial charge in [0.25, 0.3) is 0 Å². The van der Waals surface area contributed by atoms with Crippen LogP contribution in [0, 0.1) is 0 Å². The number of carbonyl (C=O) groups is 3. The molecular weight excluding hydrogens is 715 g/mol. The Balaban J connectivity index is 4.23. The molecule has 0 bridgehead atoms. The Morgan fingerprint density at radius 2 is 0.772 bits per heavy atom. The van der Waals surface area contributed by atoms with Crippen LogP contribution in [0.2, 0.25) is 0 Å². The molecule has 0 fully saturated rings. The molecule has 57 heavy (non-hydrogen) atoms. The number of carboxylic acid groups (broad SMARTS) is 1. The highest BCUT2D eigenvalue weighted by atomic mass is 16.6. The number of carbonyl (C=O) groups excluding carboxylic acids is 2. The zero-order valence-electron chi connectivity index (χ0n) is 38.6. The summed E-state index contributed by atoms with van der Waals surface area (Å²) in [5.74, 6) is -1.44. The molecule has 0 aliphatic carbocycles. The Morgan fingerprint density at radius 3 is 1.09 bits per heavy atom. The molecule has 0 amide bonds. The van der Waals surface area contributed by atoms with Gasteiger partial charge in [0, 0.05) is 19.3 Å². The lowest BCUT2D eigenvalue weighted by atomic mass is 10.0. The van der Waals surface area contributed by atoms with E-state index in [0.717, 1.165) is 38.5 Å². The van der Waals surface area contributed by atoms with Crippen molar-refractivity contribution in [2.75, 3.05) is 41.0 Å². The highest BCUT2D eigenvalue weighted by Gasteiger charge is 2.31. The van der Waals surface area contributed by atoms with Gasteiger partial charge in [0.15, 0.2) is 12.1 Å². The summed E-state index contributed by atoms with van der Waals surface area (Å²) in [6, 6.07) is -0.608. The molecule has 0 saturated carbocycles. The highest BCUT2D eigenvalue weighted by Crippen LogP contribution is 2.17. The topological polar surface area (TPSA) is 99.1 Å². The van der Waals surface area contributed by atoms with Gasteiger partial charge in [-0.1, -0.05) is 213 Å². The molecule has 0 aromatic heterocycles. The summed E-state index contributed by atoms with van der Waals surface area (Å²) < 4.78 is 17.4. The van der Waals surface area contributed by atoms with Crippen molar-refractivity contribution >= 4 is 17.9 Å². The molecule has 0 aromatic carbocycles. The maximum absolute atomic E-state index is 12.8. The molecular formula is C49H96NO7+. The molecule has 338 valence electrons. The van der Waals surface area contributed by atoms with E-state index in [0.29, 0.717) is 19.3 Å². The second kappa shape index (κ2) is 41.1. The maximum atomic E-state index is 12.8. The van der Waals surface area contributed by atoms with E-state index in [-0.39, 0.29) is 36.2 Å².